The Kier molecular flexibility index (Phi) is 4.25. The van der Waals surface area contributed by atoms with Gasteiger partial charge in [-0.25, -0.2) is 4.79 Å². The predicted molar refractivity (Wildman–Crippen MR) is 83.2 cm³/mol. The first-order valence-corrected chi connectivity index (χ1v) is 7.23. The second-order valence-corrected chi connectivity index (χ2v) is 6.68. The number of carbonyl (C=O) groups is 1. The first kappa shape index (κ1) is 15.4. The lowest BCUT2D eigenvalue weighted by molar-refractivity contribution is 0.0930. The number of hydrogen-bond donors (Lipinski definition) is 3. The molecular weight excluding hydrogens is 268 g/mol. The minimum Gasteiger partial charge on any atom is -0.465 e. The lowest BCUT2D eigenvalue weighted by Crippen LogP contribution is -2.46. The third kappa shape index (κ3) is 3.37. The normalized spacial score (nSPS) is 22.3. The molecule has 21 heavy (non-hydrogen) atoms. The monoisotopic (exact) mass is 292 g/mol. The summed E-state index contributed by atoms with van der Waals surface area (Å²) in [7, 11) is 0. The van der Waals surface area contributed by atoms with Crippen LogP contribution < -0.4 is 11.1 Å². The molecule has 1 amide bonds. The van der Waals surface area contributed by atoms with Crippen LogP contribution in [0.2, 0.25) is 0 Å². The van der Waals surface area contributed by atoms with Crippen LogP contribution in [0.25, 0.3) is 0 Å². The van der Waals surface area contributed by atoms with Crippen molar-refractivity contribution in [1.29, 1.82) is 0 Å². The minimum atomic E-state index is -0.833. The van der Waals surface area contributed by atoms with Gasteiger partial charge in [0.05, 0.1) is 17.6 Å². The van der Waals surface area contributed by atoms with Crippen LogP contribution in [0.3, 0.4) is 0 Å². The van der Waals surface area contributed by atoms with Crippen molar-refractivity contribution in [3.63, 3.8) is 0 Å². The molecule has 0 saturated carbocycles. The Labute approximate surface area is 125 Å². The number of amides is 1. The fourth-order valence-corrected chi connectivity index (χ4v) is 3.27. The summed E-state index contributed by atoms with van der Waals surface area (Å²) in [5.41, 5.74) is 7.24. The van der Waals surface area contributed by atoms with E-state index in [2.05, 4.69) is 31.1 Å². The van der Waals surface area contributed by atoms with Gasteiger partial charge in [-0.15, -0.1) is 0 Å². The Balaban J connectivity index is 2.09. The van der Waals surface area contributed by atoms with Gasteiger partial charge >= 0.3 is 6.09 Å². The molecule has 4 N–H and O–H groups in total. The Hall–Kier alpha value is -1.98. The third-order valence-electron chi connectivity index (χ3n) is 4.06. The molecule has 0 aliphatic carbocycles. The van der Waals surface area contributed by atoms with E-state index in [4.69, 9.17) is 5.73 Å². The second-order valence-electron chi connectivity index (χ2n) is 6.68. The SMILES string of the molecule is CC(C)(C)C1[C@H](CNc2ccncc2N)CCN1C(=O)O. The maximum atomic E-state index is 11.4. The van der Waals surface area contributed by atoms with Crippen LogP contribution in [0.1, 0.15) is 27.2 Å². The molecule has 1 aliphatic rings. The summed E-state index contributed by atoms with van der Waals surface area (Å²) in [6, 6.07) is 1.84. The molecule has 6 nitrogen and oxygen atoms in total. The highest BCUT2D eigenvalue weighted by Gasteiger charge is 2.43. The number of carboxylic acid groups (broad SMARTS) is 1. The van der Waals surface area contributed by atoms with Gasteiger partial charge in [0.1, 0.15) is 0 Å². The van der Waals surface area contributed by atoms with Crippen LogP contribution in [-0.4, -0.2) is 40.2 Å². The summed E-state index contributed by atoms with van der Waals surface area (Å²) in [6.45, 7) is 7.57. The van der Waals surface area contributed by atoms with Crippen LogP contribution in [0.4, 0.5) is 16.2 Å². The molecule has 0 aromatic carbocycles. The number of nitrogens with two attached hydrogens (primary N) is 1. The molecular formula is C15H24N4O2. The second kappa shape index (κ2) is 5.79. The van der Waals surface area contributed by atoms with Crippen molar-refractivity contribution in [2.75, 3.05) is 24.1 Å². The number of nitrogens with one attached hydrogen (secondary N) is 1. The summed E-state index contributed by atoms with van der Waals surface area (Å²) in [6.07, 6.45) is 3.34. The molecule has 0 spiro atoms. The summed E-state index contributed by atoms with van der Waals surface area (Å²) in [4.78, 5) is 16.9. The van der Waals surface area contributed by atoms with E-state index >= 15 is 0 Å². The molecule has 1 fully saturated rings. The van der Waals surface area contributed by atoms with Gasteiger partial charge in [0, 0.05) is 25.3 Å². The van der Waals surface area contributed by atoms with Crippen LogP contribution in [0.15, 0.2) is 18.5 Å². The van der Waals surface area contributed by atoms with E-state index in [0.29, 0.717) is 18.8 Å². The summed E-state index contributed by atoms with van der Waals surface area (Å²) >= 11 is 0. The molecule has 1 aromatic heterocycles. The summed E-state index contributed by atoms with van der Waals surface area (Å²) < 4.78 is 0. The first-order valence-electron chi connectivity index (χ1n) is 7.23. The molecule has 2 rings (SSSR count). The maximum Gasteiger partial charge on any atom is 0.407 e. The van der Waals surface area contributed by atoms with Crippen molar-refractivity contribution in [2.45, 2.75) is 33.2 Å². The number of aromatic nitrogens is 1. The zero-order chi connectivity index (χ0) is 15.6. The fourth-order valence-electron chi connectivity index (χ4n) is 3.27. The molecule has 0 radical (unpaired) electrons. The number of rotatable bonds is 3. The standard InChI is InChI=1S/C15H24N4O2/c1-15(2,3)13-10(5-7-19(13)14(20)21)8-18-12-4-6-17-9-11(12)16/h4,6,9-10,13H,5,7-8,16H2,1-3H3,(H,17,18)(H,20,21)/t10-,13?/m0/s1. The van der Waals surface area contributed by atoms with Gasteiger partial charge in [-0.1, -0.05) is 20.8 Å². The van der Waals surface area contributed by atoms with Gasteiger partial charge in [-0.05, 0) is 23.8 Å². The minimum absolute atomic E-state index is 0.00515. The van der Waals surface area contributed by atoms with Gasteiger partial charge in [0.25, 0.3) is 0 Å². The zero-order valence-corrected chi connectivity index (χ0v) is 12.8. The Morgan fingerprint density at radius 1 is 1.57 bits per heavy atom. The number of likely N-dealkylation sites (tertiary alicyclic amines) is 1. The van der Waals surface area contributed by atoms with Crippen molar-refractivity contribution in [2.24, 2.45) is 11.3 Å². The highest BCUT2D eigenvalue weighted by molar-refractivity contribution is 5.66. The lowest BCUT2D eigenvalue weighted by Gasteiger charge is -2.37. The third-order valence-corrected chi connectivity index (χ3v) is 4.06. The van der Waals surface area contributed by atoms with Crippen LogP contribution >= 0.6 is 0 Å². The highest BCUT2D eigenvalue weighted by atomic mass is 16.4. The largest absolute Gasteiger partial charge is 0.465 e. The fraction of sp³-hybridized carbons (Fsp3) is 0.600. The van der Waals surface area contributed by atoms with Crippen molar-refractivity contribution in [1.82, 2.24) is 9.88 Å². The van der Waals surface area contributed by atoms with E-state index in [9.17, 15) is 9.90 Å². The van der Waals surface area contributed by atoms with Gasteiger partial charge in [-0.2, -0.15) is 0 Å². The smallest absolute Gasteiger partial charge is 0.407 e. The molecule has 1 saturated heterocycles. The molecule has 1 aromatic rings. The Morgan fingerprint density at radius 3 is 2.86 bits per heavy atom. The first-order chi connectivity index (χ1) is 9.80. The molecule has 2 atom stereocenters. The molecule has 6 heteroatoms. The van der Waals surface area contributed by atoms with E-state index in [1.165, 1.54) is 0 Å². The number of pyridine rings is 1. The summed E-state index contributed by atoms with van der Waals surface area (Å²) in [5, 5.41) is 12.7. The van der Waals surface area contributed by atoms with E-state index in [1.54, 1.807) is 17.3 Å². The van der Waals surface area contributed by atoms with Crippen molar-refractivity contribution >= 4 is 17.5 Å². The topological polar surface area (TPSA) is 91.5 Å². The molecule has 1 unspecified atom stereocenters. The quantitative estimate of drug-likeness (QED) is 0.796. The maximum absolute atomic E-state index is 11.4. The number of nitrogens with zero attached hydrogens (tertiary/aromatic N) is 2. The number of hydrogen-bond acceptors (Lipinski definition) is 4. The lowest BCUT2D eigenvalue weighted by atomic mass is 9.79. The highest BCUT2D eigenvalue weighted by Crippen LogP contribution is 2.37. The Morgan fingerprint density at radius 2 is 2.29 bits per heavy atom. The molecule has 0 bridgehead atoms. The summed E-state index contributed by atoms with van der Waals surface area (Å²) in [5.74, 6) is 0.272. The molecule has 2 heterocycles. The van der Waals surface area contributed by atoms with Crippen molar-refractivity contribution in [3.8, 4) is 0 Å². The van der Waals surface area contributed by atoms with Gasteiger partial charge in [-0.3, -0.25) is 4.98 Å². The van der Waals surface area contributed by atoms with Crippen LogP contribution in [-0.2, 0) is 0 Å². The van der Waals surface area contributed by atoms with Gasteiger partial charge < -0.3 is 21.1 Å². The Bertz CT molecular complexity index is 513. The van der Waals surface area contributed by atoms with E-state index in [0.717, 1.165) is 12.1 Å². The average Bonchev–Trinajstić information content (AvgIpc) is 2.82. The van der Waals surface area contributed by atoms with Crippen LogP contribution in [0.5, 0.6) is 0 Å². The van der Waals surface area contributed by atoms with Crippen LogP contribution in [0, 0.1) is 11.3 Å². The average molecular weight is 292 g/mol. The van der Waals surface area contributed by atoms with Crippen molar-refractivity contribution < 1.29 is 9.90 Å². The van der Waals surface area contributed by atoms with E-state index in [1.807, 2.05) is 6.07 Å². The van der Waals surface area contributed by atoms with Gasteiger partial charge in [0.15, 0.2) is 0 Å². The number of nitrogen functional groups attached to an aromatic ring is 1. The number of anilines is 2. The predicted octanol–water partition coefficient (Wildman–Crippen LogP) is 2.49. The van der Waals surface area contributed by atoms with Crippen molar-refractivity contribution in [3.05, 3.63) is 18.5 Å². The van der Waals surface area contributed by atoms with E-state index < -0.39 is 6.09 Å². The van der Waals surface area contributed by atoms with E-state index in [-0.39, 0.29) is 17.4 Å². The van der Waals surface area contributed by atoms with Gasteiger partial charge in [0.2, 0.25) is 0 Å². The zero-order valence-electron chi connectivity index (χ0n) is 12.8. The molecule has 116 valence electrons. The molecule has 1 aliphatic heterocycles.